The summed E-state index contributed by atoms with van der Waals surface area (Å²) in [6.45, 7) is 7.07. The fourth-order valence-electron chi connectivity index (χ4n) is 0.365. The highest BCUT2D eigenvalue weighted by Crippen LogP contribution is 2.08. The molecule has 0 aromatic rings. The van der Waals surface area contributed by atoms with E-state index < -0.39 is 8.07 Å². The van der Waals surface area contributed by atoms with Crippen molar-refractivity contribution < 1.29 is 0 Å². The number of rotatable bonds is 3. The van der Waals surface area contributed by atoms with Gasteiger partial charge in [-0.15, -0.1) is 24.2 Å². The monoisotopic (exact) mass is 185 g/mol. The molecule has 0 aromatic carbocycles. The first-order valence-corrected chi connectivity index (χ1v) is 7.70. The van der Waals surface area contributed by atoms with Crippen LogP contribution in [0, 0.1) is 0 Å². The van der Waals surface area contributed by atoms with Gasteiger partial charge < -0.3 is 5.73 Å². The van der Waals surface area contributed by atoms with Crippen molar-refractivity contribution in [3.05, 3.63) is 0 Å². The smallest absolute Gasteiger partial charge is 0.0548 e. The van der Waals surface area contributed by atoms with Gasteiger partial charge in [-0.25, -0.2) is 0 Å². The topological polar surface area (TPSA) is 26.0 Å². The predicted octanol–water partition coefficient (Wildman–Crippen LogP) is 1.94. The lowest BCUT2D eigenvalue weighted by atomic mass is 11.5. The van der Waals surface area contributed by atoms with E-state index in [4.69, 9.17) is 5.73 Å². The summed E-state index contributed by atoms with van der Waals surface area (Å²) in [6.07, 6.45) is 0. The van der Waals surface area contributed by atoms with Gasteiger partial charge in [0.15, 0.2) is 0 Å². The second kappa shape index (κ2) is 5.59. The molecule has 1 nitrogen and oxygen atoms in total. The Balaban J connectivity index is 0. The Kier molecular flexibility index (Phi) is 7.76. The summed E-state index contributed by atoms with van der Waals surface area (Å²) in [5.41, 5.74) is 5.32. The molecule has 0 radical (unpaired) electrons. The first kappa shape index (κ1) is 12.5. The molecule has 2 N–H and O–H groups in total. The van der Waals surface area contributed by atoms with Crippen molar-refractivity contribution in [2.24, 2.45) is 5.73 Å². The van der Waals surface area contributed by atoms with E-state index >= 15 is 0 Å². The minimum absolute atomic E-state index is 0. The maximum absolute atomic E-state index is 5.32. The molecule has 0 saturated heterocycles. The first-order chi connectivity index (χ1) is 3.56. The molecule has 0 fully saturated rings. The second-order valence-electron chi connectivity index (χ2n) is 3.08. The minimum Gasteiger partial charge on any atom is -0.322 e. The molecule has 0 aliphatic rings. The molecule has 0 saturated carbocycles. The molecule has 0 spiro atoms. The summed E-state index contributed by atoms with van der Waals surface area (Å²) in [4.78, 5) is 0. The SMILES string of the molecule is C[Si](C)(C)CSCN.Cl. The fourth-order valence-corrected chi connectivity index (χ4v) is 3.29. The molecule has 0 bridgehead atoms. The Morgan fingerprint density at radius 3 is 1.89 bits per heavy atom. The molecule has 4 heteroatoms. The first-order valence-electron chi connectivity index (χ1n) is 2.84. The van der Waals surface area contributed by atoms with E-state index in [9.17, 15) is 0 Å². The average Bonchev–Trinajstić information content (AvgIpc) is 1.59. The van der Waals surface area contributed by atoms with Gasteiger partial charge in [-0.2, -0.15) is 0 Å². The van der Waals surface area contributed by atoms with Crippen molar-refractivity contribution in [3.8, 4) is 0 Å². The van der Waals surface area contributed by atoms with E-state index in [1.165, 1.54) is 5.38 Å². The Labute approximate surface area is 69.2 Å². The second-order valence-corrected chi connectivity index (χ2v) is 10.1. The van der Waals surface area contributed by atoms with Gasteiger partial charge >= 0.3 is 0 Å². The van der Waals surface area contributed by atoms with Gasteiger partial charge in [-0.3, -0.25) is 0 Å². The highest BCUT2D eigenvalue weighted by atomic mass is 35.5. The van der Waals surface area contributed by atoms with Crippen molar-refractivity contribution in [2.45, 2.75) is 19.6 Å². The zero-order valence-electron chi connectivity index (χ0n) is 6.31. The lowest BCUT2D eigenvalue weighted by molar-refractivity contribution is 1.40. The van der Waals surface area contributed by atoms with Crippen LogP contribution in [0.25, 0.3) is 0 Å². The molecule has 0 aromatic heterocycles. The van der Waals surface area contributed by atoms with Crippen LogP contribution in [0.4, 0.5) is 0 Å². The van der Waals surface area contributed by atoms with Crippen molar-refractivity contribution in [1.82, 2.24) is 0 Å². The summed E-state index contributed by atoms with van der Waals surface area (Å²) in [7, 11) is -0.795. The van der Waals surface area contributed by atoms with Crippen molar-refractivity contribution in [3.63, 3.8) is 0 Å². The Morgan fingerprint density at radius 2 is 1.78 bits per heavy atom. The van der Waals surface area contributed by atoms with Gasteiger partial charge in [-0.1, -0.05) is 19.6 Å². The quantitative estimate of drug-likeness (QED) is 0.538. The van der Waals surface area contributed by atoms with Gasteiger partial charge in [0, 0.05) is 5.88 Å². The van der Waals surface area contributed by atoms with Crippen LogP contribution in [0.1, 0.15) is 0 Å². The number of halogens is 1. The molecule has 0 aliphatic carbocycles. The third-order valence-corrected chi connectivity index (χ3v) is 5.17. The zero-order valence-corrected chi connectivity index (χ0v) is 8.94. The van der Waals surface area contributed by atoms with Crippen LogP contribution in [-0.4, -0.2) is 19.3 Å². The highest BCUT2D eigenvalue weighted by molar-refractivity contribution is 8.00. The van der Waals surface area contributed by atoms with E-state index in [1.54, 1.807) is 0 Å². The molecule has 0 amide bonds. The fraction of sp³-hybridized carbons (Fsp3) is 1.00. The van der Waals surface area contributed by atoms with E-state index in [0.717, 1.165) is 5.88 Å². The highest BCUT2D eigenvalue weighted by Gasteiger charge is 2.10. The van der Waals surface area contributed by atoms with Crippen LogP contribution < -0.4 is 5.73 Å². The molecule has 0 atom stereocenters. The Bertz CT molecular complexity index is 64.5. The van der Waals surface area contributed by atoms with Gasteiger partial charge in [0.1, 0.15) is 0 Å². The van der Waals surface area contributed by atoms with E-state index in [-0.39, 0.29) is 12.4 Å². The maximum atomic E-state index is 5.32. The van der Waals surface area contributed by atoms with E-state index in [1.807, 2.05) is 11.8 Å². The minimum atomic E-state index is -0.795. The summed E-state index contributed by atoms with van der Waals surface area (Å²) in [5.74, 6) is 0.782. The van der Waals surface area contributed by atoms with Crippen molar-refractivity contribution in [1.29, 1.82) is 0 Å². The summed E-state index contributed by atoms with van der Waals surface area (Å²) >= 11 is 1.85. The Hall–Kier alpha value is 0.817. The molecule has 9 heavy (non-hydrogen) atoms. The molecule has 0 unspecified atom stereocenters. The number of nitrogens with two attached hydrogens (primary N) is 1. The molecular formula is C5H16ClNSSi. The van der Waals surface area contributed by atoms with Gasteiger partial charge in [0.05, 0.1) is 8.07 Å². The largest absolute Gasteiger partial charge is 0.322 e. The van der Waals surface area contributed by atoms with Crippen molar-refractivity contribution >= 4 is 32.2 Å². The van der Waals surface area contributed by atoms with Crippen molar-refractivity contribution in [2.75, 3.05) is 11.3 Å². The number of hydrogen-bond acceptors (Lipinski definition) is 2. The third kappa shape index (κ3) is 12.1. The molecule has 0 aliphatic heterocycles. The van der Waals surface area contributed by atoms with Crippen LogP contribution in [0.2, 0.25) is 19.6 Å². The lowest BCUT2D eigenvalue weighted by Gasteiger charge is -2.13. The van der Waals surface area contributed by atoms with Gasteiger partial charge in [-0.05, 0) is 5.38 Å². The molecule has 0 heterocycles. The maximum Gasteiger partial charge on any atom is 0.0548 e. The predicted molar refractivity (Wildman–Crippen MR) is 52.1 cm³/mol. The Morgan fingerprint density at radius 1 is 1.33 bits per heavy atom. The van der Waals surface area contributed by atoms with Crippen LogP contribution >= 0.6 is 24.2 Å². The van der Waals surface area contributed by atoms with Crippen LogP contribution in [0.3, 0.4) is 0 Å². The van der Waals surface area contributed by atoms with Crippen LogP contribution in [0.5, 0.6) is 0 Å². The van der Waals surface area contributed by atoms with Gasteiger partial charge in [0.25, 0.3) is 0 Å². The third-order valence-electron chi connectivity index (χ3n) is 0.653. The summed E-state index contributed by atoms with van der Waals surface area (Å²) in [6, 6.07) is 0. The average molecular weight is 186 g/mol. The number of hydrogen-bond donors (Lipinski definition) is 1. The van der Waals surface area contributed by atoms with E-state index in [0.29, 0.717) is 0 Å². The molecule has 58 valence electrons. The molecule has 0 rings (SSSR count). The zero-order chi connectivity index (χ0) is 6.62. The summed E-state index contributed by atoms with van der Waals surface area (Å²) < 4.78 is 0. The van der Waals surface area contributed by atoms with Crippen LogP contribution in [-0.2, 0) is 0 Å². The normalized spacial score (nSPS) is 10.7. The van der Waals surface area contributed by atoms with Crippen LogP contribution in [0.15, 0.2) is 0 Å². The van der Waals surface area contributed by atoms with Gasteiger partial charge in [0.2, 0.25) is 0 Å². The summed E-state index contributed by atoms with van der Waals surface area (Å²) in [5, 5.41) is 1.30. The number of thioether (sulfide) groups is 1. The lowest BCUT2D eigenvalue weighted by Crippen LogP contribution is -2.24. The molecular weight excluding hydrogens is 170 g/mol. The van der Waals surface area contributed by atoms with E-state index in [2.05, 4.69) is 19.6 Å². The standard InChI is InChI=1S/C5H15NSSi.ClH/c1-8(2,3)5-7-4-6;/h4-6H2,1-3H3;1H.